The largest absolute Gasteiger partial charge is 0.444 e. The van der Waals surface area contributed by atoms with Crippen LogP contribution >= 0.6 is 12.6 Å². The van der Waals surface area contributed by atoms with Crippen molar-refractivity contribution in [3.63, 3.8) is 0 Å². The molecular weight excluding hydrogens is 487 g/mol. The van der Waals surface area contributed by atoms with Gasteiger partial charge in [-0.1, -0.05) is 0 Å². The standard InChI is InChI=1S/C21H22F3N7O3S/c22-21(23,24)10-27-16-7-11(5-6-26-16)20-29-15(9-34-20)19(33)28-14-8-31(30-17(14)18(25)32)12-1-3-13(35)4-2-12/h5-9,12-13,35H,1-4,10H2,(H2,25,32)(H,26,27)(H,28,33). The van der Waals surface area contributed by atoms with Crippen LogP contribution in [0, 0.1) is 0 Å². The summed E-state index contributed by atoms with van der Waals surface area (Å²) >= 11 is 4.49. The maximum Gasteiger partial charge on any atom is 0.405 e. The molecule has 1 saturated carbocycles. The van der Waals surface area contributed by atoms with Crippen LogP contribution in [0.1, 0.15) is 52.7 Å². The fourth-order valence-electron chi connectivity index (χ4n) is 3.72. The van der Waals surface area contributed by atoms with Crippen LogP contribution < -0.4 is 16.4 Å². The molecule has 186 valence electrons. The van der Waals surface area contributed by atoms with Gasteiger partial charge in [0.05, 0.1) is 11.7 Å². The Balaban J connectivity index is 1.48. The third kappa shape index (κ3) is 6.12. The van der Waals surface area contributed by atoms with E-state index in [0.29, 0.717) is 10.8 Å². The second-order valence-electron chi connectivity index (χ2n) is 8.09. The summed E-state index contributed by atoms with van der Waals surface area (Å²) < 4.78 is 44.3. The van der Waals surface area contributed by atoms with E-state index in [0.717, 1.165) is 31.9 Å². The molecule has 3 heterocycles. The highest BCUT2D eigenvalue weighted by molar-refractivity contribution is 7.80. The average Bonchev–Trinajstić information content (AvgIpc) is 3.46. The van der Waals surface area contributed by atoms with Crippen molar-refractivity contribution in [3.05, 3.63) is 42.2 Å². The molecule has 14 heteroatoms. The fraction of sp³-hybridized carbons (Fsp3) is 0.381. The molecule has 35 heavy (non-hydrogen) atoms. The molecule has 10 nitrogen and oxygen atoms in total. The van der Waals surface area contributed by atoms with Gasteiger partial charge in [-0.05, 0) is 37.8 Å². The van der Waals surface area contributed by atoms with Crippen LogP contribution in [-0.2, 0) is 0 Å². The lowest BCUT2D eigenvalue weighted by Crippen LogP contribution is -2.21. The molecule has 4 N–H and O–H groups in total. The summed E-state index contributed by atoms with van der Waals surface area (Å²) in [5, 5.41) is 9.34. The first-order valence-corrected chi connectivity index (χ1v) is 11.2. The van der Waals surface area contributed by atoms with Crippen LogP contribution in [0.2, 0.25) is 0 Å². The number of nitrogens with zero attached hydrogens (tertiary/aromatic N) is 4. The SMILES string of the molecule is NC(=O)c1nn(C2CCC(S)CC2)cc1NC(=O)c1coc(-c2ccnc(NCC(F)(F)F)c2)n1. The number of amides is 2. The number of nitrogens with one attached hydrogen (secondary N) is 2. The van der Waals surface area contributed by atoms with Gasteiger partial charge in [-0.25, -0.2) is 9.97 Å². The fourth-order valence-corrected chi connectivity index (χ4v) is 4.02. The first-order chi connectivity index (χ1) is 16.6. The number of carbonyl (C=O) groups excluding carboxylic acids is 2. The molecule has 0 aromatic carbocycles. The Labute approximate surface area is 202 Å². The van der Waals surface area contributed by atoms with Gasteiger partial charge in [0.2, 0.25) is 5.89 Å². The number of primary amides is 1. The van der Waals surface area contributed by atoms with Crippen LogP contribution in [0.25, 0.3) is 11.5 Å². The van der Waals surface area contributed by atoms with Gasteiger partial charge in [-0.15, -0.1) is 0 Å². The minimum absolute atomic E-state index is 0.00180. The Morgan fingerprint density at radius 3 is 2.69 bits per heavy atom. The van der Waals surface area contributed by atoms with E-state index in [1.165, 1.54) is 18.3 Å². The number of halogens is 3. The van der Waals surface area contributed by atoms with Crippen molar-refractivity contribution in [3.8, 4) is 11.5 Å². The van der Waals surface area contributed by atoms with Crippen LogP contribution in [0.3, 0.4) is 0 Å². The molecule has 1 aliphatic carbocycles. The third-order valence-electron chi connectivity index (χ3n) is 5.47. The van der Waals surface area contributed by atoms with Crippen LogP contribution in [0.5, 0.6) is 0 Å². The van der Waals surface area contributed by atoms with Gasteiger partial charge in [-0.2, -0.15) is 30.9 Å². The topological polar surface area (TPSA) is 141 Å². The molecule has 0 bridgehead atoms. The summed E-state index contributed by atoms with van der Waals surface area (Å²) in [4.78, 5) is 32.6. The number of rotatable bonds is 7. The summed E-state index contributed by atoms with van der Waals surface area (Å²) in [5.74, 6) is -1.50. The summed E-state index contributed by atoms with van der Waals surface area (Å²) in [6.07, 6.45) is 3.01. The van der Waals surface area contributed by atoms with Gasteiger partial charge in [0.15, 0.2) is 11.4 Å². The lowest BCUT2D eigenvalue weighted by Gasteiger charge is -2.25. The van der Waals surface area contributed by atoms with Crippen LogP contribution in [0.4, 0.5) is 24.7 Å². The van der Waals surface area contributed by atoms with Crippen molar-refractivity contribution in [2.24, 2.45) is 5.73 Å². The van der Waals surface area contributed by atoms with Crippen molar-refractivity contribution in [1.82, 2.24) is 19.7 Å². The molecule has 0 radical (unpaired) electrons. The maximum absolute atomic E-state index is 12.8. The van der Waals surface area contributed by atoms with E-state index in [9.17, 15) is 22.8 Å². The van der Waals surface area contributed by atoms with Gasteiger partial charge >= 0.3 is 6.18 Å². The van der Waals surface area contributed by atoms with Crippen LogP contribution in [0.15, 0.2) is 35.2 Å². The van der Waals surface area contributed by atoms with E-state index in [1.807, 2.05) is 0 Å². The molecule has 0 unspecified atom stereocenters. The number of oxazole rings is 1. The molecule has 3 aromatic heterocycles. The summed E-state index contributed by atoms with van der Waals surface area (Å²) in [7, 11) is 0. The molecule has 1 fully saturated rings. The van der Waals surface area contributed by atoms with Gasteiger partial charge in [0.1, 0.15) is 18.6 Å². The number of aromatic nitrogens is 4. The van der Waals surface area contributed by atoms with E-state index in [2.05, 4.69) is 38.3 Å². The minimum Gasteiger partial charge on any atom is -0.444 e. The number of nitrogens with two attached hydrogens (primary N) is 1. The predicted molar refractivity (Wildman–Crippen MR) is 123 cm³/mol. The highest BCUT2D eigenvalue weighted by Crippen LogP contribution is 2.32. The van der Waals surface area contributed by atoms with Gasteiger partial charge in [0, 0.05) is 23.2 Å². The van der Waals surface area contributed by atoms with E-state index in [1.54, 1.807) is 10.9 Å². The Bertz CT molecular complexity index is 1220. The van der Waals surface area contributed by atoms with Crippen molar-refractivity contribution in [1.29, 1.82) is 0 Å². The molecule has 0 atom stereocenters. The monoisotopic (exact) mass is 509 g/mol. The summed E-state index contributed by atoms with van der Waals surface area (Å²) in [6.45, 7) is -1.26. The number of anilines is 2. The highest BCUT2D eigenvalue weighted by atomic mass is 32.1. The number of thiol groups is 1. The van der Waals surface area contributed by atoms with Gasteiger partial charge in [0.25, 0.3) is 11.8 Å². The lowest BCUT2D eigenvalue weighted by molar-refractivity contribution is -0.115. The zero-order chi connectivity index (χ0) is 25.2. The van der Waals surface area contributed by atoms with E-state index < -0.39 is 24.5 Å². The molecule has 0 spiro atoms. The predicted octanol–water partition coefficient (Wildman–Crippen LogP) is 3.67. The van der Waals surface area contributed by atoms with Gasteiger partial charge < -0.3 is 20.8 Å². The van der Waals surface area contributed by atoms with E-state index in [4.69, 9.17) is 10.2 Å². The molecule has 0 aliphatic heterocycles. The smallest absolute Gasteiger partial charge is 0.405 e. The highest BCUT2D eigenvalue weighted by Gasteiger charge is 2.27. The number of pyridine rings is 1. The molecule has 1 aliphatic rings. The first kappa shape index (κ1) is 24.6. The second-order valence-corrected chi connectivity index (χ2v) is 8.82. The Morgan fingerprint density at radius 1 is 1.26 bits per heavy atom. The first-order valence-electron chi connectivity index (χ1n) is 10.7. The van der Waals surface area contributed by atoms with Crippen molar-refractivity contribution >= 4 is 35.9 Å². The number of carbonyl (C=O) groups is 2. The number of hydrogen-bond donors (Lipinski definition) is 4. The second kappa shape index (κ2) is 9.98. The summed E-state index contributed by atoms with van der Waals surface area (Å²) in [6, 6.07) is 2.85. The Kier molecular flexibility index (Phi) is 7.00. The zero-order valence-electron chi connectivity index (χ0n) is 18.2. The maximum atomic E-state index is 12.8. The Morgan fingerprint density at radius 2 is 2.00 bits per heavy atom. The van der Waals surface area contributed by atoms with Crippen molar-refractivity contribution < 1.29 is 27.2 Å². The Hall–Kier alpha value is -3.55. The summed E-state index contributed by atoms with van der Waals surface area (Å²) in [5.41, 5.74) is 5.71. The lowest BCUT2D eigenvalue weighted by atomic mass is 9.95. The molecule has 2 amide bonds. The molecule has 4 rings (SSSR count). The van der Waals surface area contributed by atoms with Crippen molar-refractivity contribution in [2.45, 2.75) is 43.2 Å². The normalized spacial score (nSPS) is 18.3. The average molecular weight is 510 g/mol. The molecule has 0 saturated heterocycles. The van der Waals surface area contributed by atoms with E-state index in [-0.39, 0.29) is 34.8 Å². The van der Waals surface area contributed by atoms with Crippen molar-refractivity contribution in [2.75, 3.05) is 17.2 Å². The zero-order valence-corrected chi connectivity index (χ0v) is 19.1. The number of hydrogen-bond acceptors (Lipinski definition) is 8. The molecular formula is C21H22F3N7O3S. The van der Waals surface area contributed by atoms with Gasteiger partial charge in [-0.3, -0.25) is 14.3 Å². The number of alkyl halides is 3. The molecule has 3 aromatic rings. The third-order valence-corrected chi connectivity index (χ3v) is 5.98. The van der Waals surface area contributed by atoms with Crippen LogP contribution in [-0.4, -0.2) is 49.5 Å². The minimum atomic E-state index is -4.41. The quantitative estimate of drug-likeness (QED) is 0.356. The van der Waals surface area contributed by atoms with E-state index >= 15 is 0 Å².